The molecular formula is C13H21N3O4. The molecule has 112 valence electrons. The Morgan fingerprint density at radius 3 is 2.90 bits per heavy atom. The minimum atomic E-state index is -1.06. The predicted molar refractivity (Wildman–Crippen MR) is 76.0 cm³/mol. The van der Waals surface area contributed by atoms with E-state index in [-0.39, 0.29) is 11.3 Å². The van der Waals surface area contributed by atoms with Crippen LogP contribution in [0.1, 0.15) is 23.2 Å². The predicted octanol–water partition coefficient (Wildman–Crippen LogP) is 1.22. The van der Waals surface area contributed by atoms with Crippen LogP contribution in [0.15, 0.2) is 12.3 Å². The van der Waals surface area contributed by atoms with Gasteiger partial charge in [0.15, 0.2) is 0 Å². The number of rotatable bonds is 10. The van der Waals surface area contributed by atoms with Crippen LogP contribution in [0, 0.1) is 0 Å². The van der Waals surface area contributed by atoms with Crippen molar-refractivity contribution in [3.63, 3.8) is 0 Å². The number of hydrogen-bond acceptors (Lipinski definition) is 6. The van der Waals surface area contributed by atoms with E-state index in [1.807, 2.05) is 0 Å². The zero-order chi connectivity index (χ0) is 14.8. The largest absolute Gasteiger partial charge is 0.478 e. The molecule has 0 spiro atoms. The van der Waals surface area contributed by atoms with Crippen LogP contribution in [-0.2, 0) is 9.47 Å². The number of nitrogen functional groups attached to an aromatic ring is 1. The summed E-state index contributed by atoms with van der Waals surface area (Å²) >= 11 is 0. The summed E-state index contributed by atoms with van der Waals surface area (Å²) < 4.78 is 10.2. The van der Waals surface area contributed by atoms with Crippen molar-refractivity contribution in [3.05, 3.63) is 17.8 Å². The van der Waals surface area contributed by atoms with E-state index in [2.05, 4.69) is 10.3 Å². The maximum atomic E-state index is 10.9. The number of carboxylic acids is 1. The van der Waals surface area contributed by atoms with Crippen LogP contribution < -0.4 is 11.1 Å². The number of nitrogens with two attached hydrogens (primary N) is 1. The molecule has 1 heterocycles. The number of hydrogen-bond donors (Lipinski definition) is 3. The lowest BCUT2D eigenvalue weighted by atomic mass is 10.2. The summed E-state index contributed by atoms with van der Waals surface area (Å²) in [6.07, 6.45) is 3.17. The first-order valence-electron chi connectivity index (χ1n) is 6.44. The van der Waals surface area contributed by atoms with Gasteiger partial charge < -0.3 is 25.6 Å². The molecule has 7 nitrogen and oxygen atoms in total. The van der Waals surface area contributed by atoms with Gasteiger partial charge in [-0.15, -0.1) is 0 Å². The zero-order valence-corrected chi connectivity index (χ0v) is 11.6. The molecular weight excluding hydrogens is 262 g/mol. The van der Waals surface area contributed by atoms with Gasteiger partial charge in [-0.25, -0.2) is 9.78 Å². The topological polar surface area (TPSA) is 107 Å². The highest BCUT2D eigenvalue weighted by molar-refractivity contribution is 5.94. The summed E-state index contributed by atoms with van der Waals surface area (Å²) in [6, 6.07) is 1.44. The third kappa shape index (κ3) is 5.85. The molecule has 0 aliphatic rings. The molecule has 0 unspecified atom stereocenters. The lowest BCUT2D eigenvalue weighted by molar-refractivity contribution is 0.0691. The Balaban J connectivity index is 2.22. The Morgan fingerprint density at radius 2 is 2.20 bits per heavy atom. The van der Waals surface area contributed by atoms with Crippen LogP contribution in [0.3, 0.4) is 0 Å². The van der Waals surface area contributed by atoms with E-state index in [9.17, 15) is 4.79 Å². The van der Waals surface area contributed by atoms with Crippen molar-refractivity contribution in [2.24, 2.45) is 0 Å². The summed E-state index contributed by atoms with van der Waals surface area (Å²) in [5.41, 5.74) is 5.75. The first-order valence-corrected chi connectivity index (χ1v) is 6.44. The van der Waals surface area contributed by atoms with Crippen molar-refractivity contribution in [2.75, 3.05) is 44.5 Å². The lowest BCUT2D eigenvalue weighted by Crippen LogP contribution is -2.09. The second kappa shape index (κ2) is 9.11. The molecule has 0 saturated heterocycles. The van der Waals surface area contributed by atoms with E-state index in [1.54, 1.807) is 7.11 Å². The number of unbranched alkanes of at least 4 members (excludes halogenated alkanes) is 1. The molecule has 0 saturated carbocycles. The highest BCUT2D eigenvalue weighted by atomic mass is 16.5. The highest BCUT2D eigenvalue weighted by Gasteiger charge is 2.09. The maximum Gasteiger partial charge on any atom is 0.337 e. The zero-order valence-electron chi connectivity index (χ0n) is 11.6. The van der Waals surface area contributed by atoms with Gasteiger partial charge in [-0.3, -0.25) is 0 Å². The van der Waals surface area contributed by atoms with E-state index in [0.717, 1.165) is 12.8 Å². The molecule has 7 heteroatoms. The van der Waals surface area contributed by atoms with Crippen molar-refractivity contribution >= 4 is 17.5 Å². The van der Waals surface area contributed by atoms with Crippen LogP contribution in [0.4, 0.5) is 11.5 Å². The Hall–Kier alpha value is -1.86. The second-order valence-corrected chi connectivity index (χ2v) is 4.20. The molecule has 0 radical (unpaired) electrons. The van der Waals surface area contributed by atoms with Crippen LogP contribution in [0.2, 0.25) is 0 Å². The van der Waals surface area contributed by atoms with Crippen LogP contribution in [0.25, 0.3) is 0 Å². The Bertz CT molecular complexity index is 426. The van der Waals surface area contributed by atoms with Gasteiger partial charge in [0.1, 0.15) is 5.82 Å². The number of carbonyl (C=O) groups is 1. The quantitative estimate of drug-likeness (QED) is 0.554. The average molecular weight is 283 g/mol. The fourth-order valence-corrected chi connectivity index (χ4v) is 1.54. The maximum absolute atomic E-state index is 10.9. The number of pyridine rings is 1. The molecule has 20 heavy (non-hydrogen) atoms. The smallest absolute Gasteiger partial charge is 0.337 e. The van der Waals surface area contributed by atoms with Crippen LogP contribution in [0.5, 0.6) is 0 Å². The molecule has 0 fully saturated rings. The monoisotopic (exact) mass is 283 g/mol. The van der Waals surface area contributed by atoms with E-state index < -0.39 is 5.97 Å². The molecule has 1 aromatic heterocycles. The molecule has 1 rings (SSSR count). The van der Waals surface area contributed by atoms with Gasteiger partial charge in [0.2, 0.25) is 0 Å². The van der Waals surface area contributed by atoms with Crippen molar-refractivity contribution < 1.29 is 19.4 Å². The molecule has 1 aromatic rings. The summed E-state index contributed by atoms with van der Waals surface area (Å²) in [7, 11) is 1.64. The number of methoxy groups -OCH3 is 1. The fraction of sp³-hybridized carbons (Fsp3) is 0.538. The Morgan fingerprint density at radius 1 is 1.40 bits per heavy atom. The third-order valence-corrected chi connectivity index (χ3v) is 2.62. The first-order chi connectivity index (χ1) is 9.65. The average Bonchev–Trinajstić information content (AvgIpc) is 2.43. The van der Waals surface area contributed by atoms with Crippen molar-refractivity contribution in [1.29, 1.82) is 0 Å². The third-order valence-electron chi connectivity index (χ3n) is 2.62. The van der Waals surface area contributed by atoms with Gasteiger partial charge in [0, 0.05) is 20.3 Å². The van der Waals surface area contributed by atoms with Crippen molar-refractivity contribution in [2.45, 2.75) is 12.8 Å². The van der Waals surface area contributed by atoms with Crippen LogP contribution >= 0.6 is 0 Å². The number of anilines is 2. The highest BCUT2D eigenvalue weighted by Crippen LogP contribution is 2.14. The Labute approximate surface area is 118 Å². The summed E-state index contributed by atoms with van der Waals surface area (Å²) in [4.78, 5) is 14.9. The minimum Gasteiger partial charge on any atom is -0.478 e. The van der Waals surface area contributed by atoms with E-state index in [0.29, 0.717) is 32.2 Å². The number of carboxylic acid groups (broad SMARTS) is 1. The molecule has 0 bridgehead atoms. The van der Waals surface area contributed by atoms with Crippen molar-refractivity contribution in [1.82, 2.24) is 4.98 Å². The second-order valence-electron chi connectivity index (χ2n) is 4.20. The molecule has 0 aromatic carbocycles. The van der Waals surface area contributed by atoms with E-state index >= 15 is 0 Å². The van der Waals surface area contributed by atoms with Crippen LogP contribution in [-0.4, -0.2) is 49.5 Å². The fourth-order valence-electron chi connectivity index (χ4n) is 1.54. The molecule has 0 amide bonds. The normalized spacial score (nSPS) is 10.4. The van der Waals surface area contributed by atoms with Gasteiger partial charge >= 0.3 is 5.97 Å². The van der Waals surface area contributed by atoms with Gasteiger partial charge in [-0.1, -0.05) is 0 Å². The van der Waals surface area contributed by atoms with E-state index in [4.69, 9.17) is 20.3 Å². The number of nitrogens with one attached hydrogen (secondary N) is 1. The summed E-state index contributed by atoms with van der Waals surface area (Å²) in [5.74, 6) is -0.545. The number of aromatic carboxylic acids is 1. The molecule has 0 atom stereocenters. The first kappa shape index (κ1) is 16.2. The number of ether oxygens (including phenoxy) is 2. The summed E-state index contributed by atoms with van der Waals surface area (Å²) in [5, 5.41) is 12.0. The minimum absolute atomic E-state index is 0.0606. The number of aromatic nitrogens is 1. The van der Waals surface area contributed by atoms with Gasteiger partial charge in [-0.2, -0.15) is 0 Å². The summed E-state index contributed by atoms with van der Waals surface area (Å²) in [6.45, 7) is 2.58. The molecule has 0 aliphatic carbocycles. The molecule has 0 aliphatic heterocycles. The van der Waals surface area contributed by atoms with Gasteiger partial charge in [0.25, 0.3) is 0 Å². The van der Waals surface area contributed by atoms with Crippen molar-refractivity contribution in [3.8, 4) is 0 Å². The van der Waals surface area contributed by atoms with Gasteiger partial charge in [0.05, 0.1) is 30.7 Å². The SMILES string of the molecule is COCCOCCCCNc1cc(C(=O)O)c(N)cn1. The number of nitrogens with zero attached hydrogens (tertiary/aromatic N) is 1. The molecule has 4 N–H and O–H groups in total. The lowest BCUT2D eigenvalue weighted by Gasteiger charge is -2.08. The Kier molecular flexibility index (Phi) is 7.38. The van der Waals surface area contributed by atoms with Gasteiger partial charge in [-0.05, 0) is 18.9 Å². The van der Waals surface area contributed by atoms with E-state index in [1.165, 1.54) is 12.3 Å². The standard InChI is InChI=1S/C13H21N3O4/c1-19-6-7-20-5-3-2-4-15-12-8-10(13(17)18)11(14)9-16-12/h8-9H,2-7,14H2,1H3,(H,15,16)(H,17,18).